The van der Waals surface area contributed by atoms with E-state index in [-0.39, 0.29) is 5.91 Å². The van der Waals surface area contributed by atoms with E-state index in [2.05, 4.69) is 6.92 Å². The number of rotatable bonds is 5. The van der Waals surface area contributed by atoms with E-state index >= 15 is 0 Å². The molecule has 1 aromatic rings. The molecule has 1 saturated heterocycles. The highest BCUT2D eigenvalue weighted by atomic mass is 16.5. The van der Waals surface area contributed by atoms with Gasteiger partial charge >= 0.3 is 0 Å². The van der Waals surface area contributed by atoms with Crippen LogP contribution in [0.3, 0.4) is 0 Å². The summed E-state index contributed by atoms with van der Waals surface area (Å²) in [4.78, 5) is 13.5. The maximum atomic E-state index is 11.6. The van der Waals surface area contributed by atoms with Crippen molar-refractivity contribution in [2.24, 2.45) is 11.7 Å². The average Bonchev–Trinajstić information content (AvgIpc) is 2.68. The lowest BCUT2D eigenvalue weighted by atomic mass is 10.2. The Balaban J connectivity index is 1.79. The van der Waals surface area contributed by atoms with Crippen LogP contribution in [0.5, 0.6) is 5.75 Å². The van der Waals surface area contributed by atoms with Gasteiger partial charge in [-0.15, -0.1) is 0 Å². The summed E-state index contributed by atoms with van der Waals surface area (Å²) in [6.07, 6.45) is 0.669. The average molecular weight is 248 g/mol. The molecule has 0 spiro atoms. The third-order valence-electron chi connectivity index (χ3n) is 3.17. The van der Waals surface area contributed by atoms with Gasteiger partial charge in [0.05, 0.1) is 6.54 Å². The van der Waals surface area contributed by atoms with E-state index in [4.69, 9.17) is 10.5 Å². The highest BCUT2D eigenvalue weighted by Crippen LogP contribution is 2.17. The molecule has 0 bridgehead atoms. The molecule has 0 aromatic heterocycles. The van der Waals surface area contributed by atoms with Gasteiger partial charge in [-0.25, -0.2) is 0 Å². The Bertz CT molecular complexity index is 420. The predicted octanol–water partition coefficient (Wildman–Crippen LogP) is 1.39. The van der Waals surface area contributed by atoms with Crippen LogP contribution in [0.15, 0.2) is 24.3 Å². The highest BCUT2D eigenvalue weighted by molar-refractivity contribution is 5.78. The molecule has 18 heavy (non-hydrogen) atoms. The molecule has 2 N–H and O–H groups in total. The first-order chi connectivity index (χ1) is 8.69. The summed E-state index contributed by atoms with van der Waals surface area (Å²) in [6.45, 7) is 4.66. The molecule has 2 rings (SSSR count). The third kappa shape index (κ3) is 3.23. The quantitative estimate of drug-likeness (QED) is 0.856. The van der Waals surface area contributed by atoms with Crippen LogP contribution in [0, 0.1) is 5.92 Å². The van der Waals surface area contributed by atoms with E-state index in [1.54, 1.807) is 0 Å². The molecule has 98 valence electrons. The normalized spacial score (nSPS) is 19.3. The zero-order chi connectivity index (χ0) is 13.0. The number of hydrogen-bond donors (Lipinski definition) is 1. The van der Waals surface area contributed by atoms with E-state index < -0.39 is 0 Å². The molecule has 0 radical (unpaired) electrons. The lowest BCUT2D eigenvalue weighted by molar-refractivity contribution is -0.128. The van der Waals surface area contributed by atoms with Crippen LogP contribution in [-0.4, -0.2) is 30.5 Å². The molecule has 4 heteroatoms. The van der Waals surface area contributed by atoms with Crippen LogP contribution in [-0.2, 0) is 11.3 Å². The third-order valence-corrected chi connectivity index (χ3v) is 3.17. The van der Waals surface area contributed by atoms with Crippen molar-refractivity contribution in [2.45, 2.75) is 19.9 Å². The van der Waals surface area contributed by atoms with Gasteiger partial charge in [-0.3, -0.25) is 4.79 Å². The van der Waals surface area contributed by atoms with Crippen LogP contribution in [0.25, 0.3) is 0 Å². The Morgan fingerprint density at radius 3 is 3.00 bits per heavy atom. The van der Waals surface area contributed by atoms with E-state index in [0.717, 1.165) is 17.9 Å². The van der Waals surface area contributed by atoms with Gasteiger partial charge in [-0.2, -0.15) is 0 Å². The van der Waals surface area contributed by atoms with Crippen molar-refractivity contribution in [1.82, 2.24) is 4.90 Å². The lowest BCUT2D eigenvalue weighted by Gasteiger charge is -2.16. The van der Waals surface area contributed by atoms with Crippen LogP contribution in [0.2, 0.25) is 0 Å². The van der Waals surface area contributed by atoms with Gasteiger partial charge in [-0.05, 0) is 23.6 Å². The first-order valence-electron chi connectivity index (χ1n) is 6.38. The molecular formula is C14H20N2O2. The second-order valence-corrected chi connectivity index (χ2v) is 4.85. The van der Waals surface area contributed by atoms with Gasteiger partial charge in [0.25, 0.3) is 0 Å². The van der Waals surface area contributed by atoms with Gasteiger partial charge in [0.2, 0.25) is 5.91 Å². The SMILES string of the molecule is CC1CC(=O)N(CCOc2cccc(CN)c2)C1. The first-order valence-corrected chi connectivity index (χ1v) is 6.38. The van der Waals surface area contributed by atoms with Crippen molar-refractivity contribution < 1.29 is 9.53 Å². The Hall–Kier alpha value is -1.55. The second kappa shape index (κ2) is 5.87. The number of likely N-dealkylation sites (tertiary alicyclic amines) is 1. The molecule has 0 saturated carbocycles. The van der Waals surface area contributed by atoms with Crippen molar-refractivity contribution in [1.29, 1.82) is 0 Å². The minimum atomic E-state index is 0.238. The van der Waals surface area contributed by atoms with Gasteiger partial charge < -0.3 is 15.4 Å². The summed E-state index contributed by atoms with van der Waals surface area (Å²) >= 11 is 0. The van der Waals surface area contributed by atoms with Crippen molar-refractivity contribution >= 4 is 5.91 Å². The number of amides is 1. The zero-order valence-electron chi connectivity index (χ0n) is 10.8. The summed E-state index contributed by atoms with van der Waals surface area (Å²) < 4.78 is 5.64. The predicted molar refractivity (Wildman–Crippen MR) is 70.2 cm³/mol. The molecule has 1 aromatic carbocycles. The van der Waals surface area contributed by atoms with Crippen molar-refractivity contribution in [2.75, 3.05) is 19.7 Å². The largest absolute Gasteiger partial charge is 0.492 e. The molecule has 1 amide bonds. The monoisotopic (exact) mass is 248 g/mol. The minimum Gasteiger partial charge on any atom is -0.492 e. The number of nitrogens with two attached hydrogens (primary N) is 1. The lowest BCUT2D eigenvalue weighted by Crippen LogP contribution is -2.29. The topological polar surface area (TPSA) is 55.6 Å². The number of ether oxygens (including phenoxy) is 1. The van der Waals surface area contributed by atoms with Crippen molar-refractivity contribution in [3.8, 4) is 5.75 Å². The smallest absolute Gasteiger partial charge is 0.223 e. The fourth-order valence-corrected chi connectivity index (χ4v) is 2.22. The number of hydrogen-bond acceptors (Lipinski definition) is 3. The molecule has 4 nitrogen and oxygen atoms in total. The van der Waals surface area contributed by atoms with E-state index in [0.29, 0.717) is 32.0 Å². The van der Waals surface area contributed by atoms with Crippen LogP contribution in [0.1, 0.15) is 18.9 Å². The maximum absolute atomic E-state index is 11.6. The molecule has 1 aliphatic rings. The number of nitrogens with zero attached hydrogens (tertiary/aromatic N) is 1. The summed E-state index contributed by atoms with van der Waals surface area (Å²) in [5.41, 5.74) is 6.63. The van der Waals surface area contributed by atoms with Gasteiger partial charge in [0.1, 0.15) is 12.4 Å². The number of benzene rings is 1. The molecule has 0 aliphatic carbocycles. The summed E-state index contributed by atoms with van der Waals surface area (Å²) in [5, 5.41) is 0. The molecule has 1 aliphatic heterocycles. The van der Waals surface area contributed by atoms with Crippen LogP contribution >= 0.6 is 0 Å². The Morgan fingerprint density at radius 1 is 1.50 bits per heavy atom. The number of carbonyl (C=O) groups is 1. The fourth-order valence-electron chi connectivity index (χ4n) is 2.22. The maximum Gasteiger partial charge on any atom is 0.223 e. The summed E-state index contributed by atoms with van der Waals surface area (Å²) in [5.74, 6) is 1.53. The Kier molecular flexibility index (Phi) is 4.20. The molecule has 1 atom stereocenters. The Morgan fingerprint density at radius 2 is 2.33 bits per heavy atom. The zero-order valence-corrected chi connectivity index (χ0v) is 10.8. The van der Waals surface area contributed by atoms with E-state index in [1.165, 1.54) is 0 Å². The van der Waals surface area contributed by atoms with Gasteiger partial charge in [0.15, 0.2) is 0 Å². The van der Waals surface area contributed by atoms with Crippen molar-refractivity contribution in [3.63, 3.8) is 0 Å². The second-order valence-electron chi connectivity index (χ2n) is 4.85. The first kappa shape index (κ1) is 12.9. The molecular weight excluding hydrogens is 228 g/mol. The molecule has 1 fully saturated rings. The Labute approximate surface area is 108 Å². The molecule has 1 unspecified atom stereocenters. The van der Waals surface area contributed by atoms with Gasteiger partial charge in [0, 0.05) is 19.5 Å². The summed E-state index contributed by atoms with van der Waals surface area (Å²) in [6, 6.07) is 7.75. The highest BCUT2D eigenvalue weighted by Gasteiger charge is 2.25. The van der Waals surface area contributed by atoms with E-state index in [9.17, 15) is 4.79 Å². The fraction of sp³-hybridized carbons (Fsp3) is 0.500. The van der Waals surface area contributed by atoms with Gasteiger partial charge in [-0.1, -0.05) is 19.1 Å². The molecule has 1 heterocycles. The minimum absolute atomic E-state index is 0.238. The van der Waals surface area contributed by atoms with E-state index in [1.807, 2.05) is 29.2 Å². The number of carbonyl (C=O) groups excluding carboxylic acids is 1. The van der Waals surface area contributed by atoms with Crippen LogP contribution in [0.4, 0.5) is 0 Å². The summed E-state index contributed by atoms with van der Waals surface area (Å²) in [7, 11) is 0. The standard InChI is InChI=1S/C14H20N2O2/c1-11-7-14(17)16(10-11)5-6-18-13-4-2-3-12(8-13)9-15/h2-4,8,11H,5-7,9-10,15H2,1H3. The van der Waals surface area contributed by atoms with Crippen LogP contribution < -0.4 is 10.5 Å². The van der Waals surface area contributed by atoms with Crippen molar-refractivity contribution in [3.05, 3.63) is 29.8 Å².